The quantitative estimate of drug-likeness (QED) is 0.261. The maximum absolute atomic E-state index is 12.6. The molecule has 0 saturated heterocycles. The first kappa shape index (κ1) is 26.5. The molecule has 0 amide bonds. The summed E-state index contributed by atoms with van der Waals surface area (Å²) in [5, 5.41) is 25.0. The Balaban J connectivity index is 0.00000450. The van der Waals surface area contributed by atoms with Crippen LogP contribution in [0.5, 0.6) is 11.5 Å². The van der Waals surface area contributed by atoms with E-state index >= 15 is 0 Å². The molecule has 0 aliphatic carbocycles. The molecule has 0 saturated carbocycles. The second kappa shape index (κ2) is 14.5. The summed E-state index contributed by atoms with van der Waals surface area (Å²) in [6, 6.07) is 6.80. The van der Waals surface area contributed by atoms with Gasteiger partial charge in [-0.1, -0.05) is 89.5 Å². The van der Waals surface area contributed by atoms with Crippen molar-refractivity contribution in [2.75, 3.05) is 0 Å². The zero-order valence-electron chi connectivity index (χ0n) is 18.5. The molecule has 0 heterocycles. The summed E-state index contributed by atoms with van der Waals surface area (Å²) in [5.41, 5.74) is 2.16. The largest absolute Gasteiger partial charge is 2.00 e. The van der Waals surface area contributed by atoms with Gasteiger partial charge in [-0.25, -0.2) is 0 Å². The van der Waals surface area contributed by atoms with E-state index in [1.54, 1.807) is 0 Å². The number of rotatable bonds is 14. The number of carbonyl (C=O) groups is 1. The third kappa shape index (κ3) is 8.68. The molecule has 0 radical (unpaired) electrons. The molecule has 0 spiro atoms. The van der Waals surface area contributed by atoms with Crippen molar-refractivity contribution in [1.29, 1.82) is 0 Å². The van der Waals surface area contributed by atoms with Gasteiger partial charge in [0.1, 0.15) is 5.78 Å². The van der Waals surface area contributed by atoms with Crippen LogP contribution < -0.4 is 10.2 Å². The molecule has 168 valence electrons. The second-order valence-electron chi connectivity index (χ2n) is 8.31. The van der Waals surface area contributed by atoms with E-state index in [2.05, 4.69) is 13.8 Å². The summed E-state index contributed by atoms with van der Waals surface area (Å²) in [6.45, 7) is 4.38. The summed E-state index contributed by atoms with van der Waals surface area (Å²) >= 11 is 0. The molecule has 30 heavy (non-hydrogen) atoms. The minimum Gasteiger partial charge on any atom is -0.873 e. The van der Waals surface area contributed by atoms with Gasteiger partial charge in [0.05, 0.1) is 0 Å². The predicted molar refractivity (Wildman–Crippen MR) is 117 cm³/mol. The summed E-state index contributed by atoms with van der Waals surface area (Å²) < 4.78 is 0. The van der Waals surface area contributed by atoms with Gasteiger partial charge in [-0.3, -0.25) is 4.79 Å². The molecule has 0 N–H and O–H groups in total. The third-order valence-electron chi connectivity index (χ3n) is 5.72. The van der Waals surface area contributed by atoms with Crippen LogP contribution in [0.4, 0.5) is 0 Å². The summed E-state index contributed by atoms with van der Waals surface area (Å²) in [4.78, 5) is 12.6. The first-order chi connectivity index (χ1) is 14.0. The molecule has 0 unspecified atom stereocenters. The first-order valence-corrected chi connectivity index (χ1v) is 11.5. The van der Waals surface area contributed by atoms with Crippen molar-refractivity contribution in [2.24, 2.45) is 0 Å². The maximum Gasteiger partial charge on any atom is 2.00 e. The van der Waals surface area contributed by atoms with Crippen molar-refractivity contribution < 1.29 is 31.5 Å². The topological polar surface area (TPSA) is 63.2 Å². The molecular formula is C26H36NiO3. The molecule has 0 bridgehead atoms. The summed E-state index contributed by atoms with van der Waals surface area (Å²) in [5.74, 6) is -0.664. The number of carbonyl (C=O) groups excluding carboxylic acids is 1. The molecule has 3 nitrogen and oxygen atoms in total. The van der Waals surface area contributed by atoms with Crippen molar-refractivity contribution in [3.63, 3.8) is 0 Å². The monoisotopic (exact) mass is 454 g/mol. The van der Waals surface area contributed by atoms with Gasteiger partial charge >= 0.3 is 16.5 Å². The zero-order chi connectivity index (χ0) is 21.1. The number of unbranched alkanes of at least 4 members (excludes halogenated alkanes) is 8. The first-order valence-electron chi connectivity index (χ1n) is 11.5. The van der Waals surface area contributed by atoms with Crippen LogP contribution in [-0.2, 0) is 34.1 Å². The van der Waals surface area contributed by atoms with Gasteiger partial charge in [-0.2, -0.15) is 0 Å². The SMILES string of the molecule is CCCCCCCCCCC(=O)Cc1cc2cc([O-])c([O-])cc2cc1CCCC.[Ni+2]. The van der Waals surface area contributed by atoms with Crippen molar-refractivity contribution in [2.45, 2.75) is 97.3 Å². The molecule has 2 rings (SSSR count). The average molecular weight is 455 g/mol. The van der Waals surface area contributed by atoms with Crippen LogP contribution in [0.3, 0.4) is 0 Å². The molecule has 0 aliphatic heterocycles. The summed E-state index contributed by atoms with van der Waals surface area (Å²) in [7, 11) is 0. The average Bonchev–Trinajstić information content (AvgIpc) is 2.69. The Labute approximate surface area is 192 Å². The van der Waals surface area contributed by atoms with E-state index in [0.29, 0.717) is 12.8 Å². The number of ketones is 1. The Kier molecular flexibility index (Phi) is 12.8. The molecule has 4 heteroatoms. The van der Waals surface area contributed by atoms with E-state index in [4.69, 9.17) is 0 Å². The number of hydrogen-bond acceptors (Lipinski definition) is 3. The van der Waals surface area contributed by atoms with Crippen LogP contribution >= 0.6 is 0 Å². The van der Waals surface area contributed by atoms with Crippen LogP contribution in [0.15, 0.2) is 24.3 Å². The van der Waals surface area contributed by atoms with Gasteiger partial charge in [-0.15, -0.1) is 11.5 Å². The minimum atomic E-state index is -0.477. The zero-order valence-corrected chi connectivity index (χ0v) is 19.5. The van der Waals surface area contributed by atoms with Crippen LogP contribution in [0.1, 0.15) is 95.6 Å². The Morgan fingerprint density at radius 2 is 1.20 bits per heavy atom. The van der Waals surface area contributed by atoms with Gasteiger partial charge in [0, 0.05) is 12.8 Å². The molecule has 2 aromatic rings. The van der Waals surface area contributed by atoms with E-state index in [-0.39, 0.29) is 22.3 Å². The van der Waals surface area contributed by atoms with Crippen molar-refractivity contribution in [1.82, 2.24) is 0 Å². The fraction of sp³-hybridized carbons (Fsp3) is 0.577. The number of hydrogen-bond donors (Lipinski definition) is 0. The van der Waals surface area contributed by atoms with Crippen molar-refractivity contribution in [3.05, 3.63) is 35.4 Å². The van der Waals surface area contributed by atoms with E-state index in [1.165, 1.54) is 50.7 Å². The Bertz CT molecular complexity index is 785. The van der Waals surface area contributed by atoms with Gasteiger partial charge in [0.15, 0.2) is 0 Å². The molecular weight excluding hydrogens is 419 g/mol. The van der Waals surface area contributed by atoms with Crippen molar-refractivity contribution >= 4 is 16.6 Å². The van der Waals surface area contributed by atoms with Crippen LogP contribution in [0, 0.1) is 0 Å². The molecule has 0 aliphatic rings. The van der Waals surface area contributed by atoms with Crippen LogP contribution in [0.2, 0.25) is 0 Å². The third-order valence-corrected chi connectivity index (χ3v) is 5.72. The standard InChI is InChI=1S/C26H38O3.Ni/c1-3-5-7-8-9-10-11-12-14-24(27)17-21-16-23-19-26(29)25(28)18-22(23)15-20(21)13-6-4-2;/h15-16,18-19,28-29H,3-14,17H2,1-2H3;/q;+2/p-2. The predicted octanol–water partition coefficient (Wildman–Crippen LogP) is 5.97. The van der Waals surface area contributed by atoms with Crippen LogP contribution in [-0.4, -0.2) is 5.78 Å². The normalized spacial score (nSPS) is 10.9. The number of fused-ring (bicyclic) bond motifs is 1. The molecule has 0 aromatic heterocycles. The van der Waals surface area contributed by atoms with E-state index in [9.17, 15) is 15.0 Å². The van der Waals surface area contributed by atoms with E-state index in [1.807, 2.05) is 12.1 Å². The van der Waals surface area contributed by atoms with Gasteiger partial charge < -0.3 is 10.2 Å². The summed E-state index contributed by atoms with van der Waals surface area (Å²) in [6.07, 6.45) is 13.9. The Morgan fingerprint density at radius 3 is 1.77 bits per heavy atom. The molecule has 0 atom stereocenters. The van der Waals surface area contributed by atoms with E-state index < -0.39 is 11.5 Å². The van der Waals surface area contributed by atoms with E-state index in [0.717, 1.165) is 54.0 Å². The minimum absolute atomic E-state index is 0. The van der Waals surface area contributed by atoms with Gasteiger partial charge in [0.2, 0.25) is 0 Å². The number of benzene rings is 2. The smallest absolute Gasteiger partial charge is 0.873 e. The fourth-order valence-corrected chi connectivity index (χ4v) is 3.92. The maximum atomic E-state index is 12.6. The van der Waals surface area contributed by atoms with Gasteiger partial charge in [-0.05, 0) is 41.2 Å². The molecule has 0 fully saturated rings. The van der Waals surface area contributed by atoms with Crippen LogP contribution in [0.25, 0.3) is 10.8 Å². The number of Topliss-reactive ketones (excluding diaryl/α,β-unsaturated/α-hetero) is 1. The molecule has 2 aromatic carbocycles. The van der Waals surface area contributed by atoms with Crippen molar-refractivity contribution in [3.8, 4) is 11.5 Å². The Hall–Kier alpha value is -1.54. The second-order valence-corrected chi connectivity index (χ2v) is 8.31. The fourth-order valence-electron chi connectivity index (χ4n) is 3.92. The number of aryl methyl sites for hydroxylation is 1. The van der Waals surface area contributed by atoms with Gasteiger partial charge in [0.25, 0.3) is 0 Å². The Morgan fingerprint density at radius 1 is 0.700 bits per heavy atom.